The molecule has 1 unspecified atom stereocenters. The molecule has 1 saturated heterocycles. The topological polar surface area (TPSA) is 82.8 Å². The van der Waals surface area contributed by atoms with E-state index in [0.29, 0.717) is 26.4 Å². The van der Waals surface area contributed by atoms with Crippen molar-refractivity contribution in [1.29, 1.82) is 0 Å². The van der Waals surface area contributed by atoms with Crippen LogP contribution in [0.3, 0.4) is 0 Å². The second kappa shape index (κ2) is 10.3. The lowest BCUT2D eigenvalue weighted by Gasteiger charge is -2.26. The predicted octanol–water partition coefficient (Wildman–Crippen LogP) is 1.37. The number of hydrogen-bond donors (Lipinski definition) is 2. The molecule has 1 amide bonds. The molecule has 7 heteroatoms. The van der Waals surface area contributed by atoms with Gasteiger partial charge in [-0.15, -0.1) is 12.4 Å². The lowest BCUT2D eigenvalue weighted by atomic mass is 9.92. The van der Waals surface area contributed by atoms with Crippen LogP contribution < -0.4 is 20.5 Å². The van der Waals surface area contributed by atoms with Gasteiger partial charge in [-0.3, -0.25) is 4.79 Å². The molecule has 3 N–H and O–H groups in total. The molecule has 1 aromatic carbocycles. The third-order valence-electron chi connectivity index (χ3n) is 3.81. The summed E-state index contributed by atoms with van der Waals surface area (Å²) in [5, 5.41) is 2.82. The summed E-state index contributed by atoms with van der Waals surface area (Å²) in [6.45, 7) is 2.21. The third kappa shape index (κ3) is 6.25. The van der Waals surface area contributed by atoms with Gasteiger partial charge in [0.2, 0.25) is 5.91 Å². The Morgan fingerprint density at radius 2 is 1.91 bits per heavy atom. The number of ether oxygens (including phenoxy) is 3. The van der Waals surface area contributed by atoms with E-state index in [4.69, 9.17) is 19.9 Å². The molecule has 1 heterocycles. The average Bonchev–Trinajstić information content (AvgIpc) is 2.59. The fourth-order valence-corrected chi connectivity index (χ4v) is 2.42. The molecule has 1 aliphatic rings. The monoisotopic (exact) mass is 344 g/mol. The van der Waals surface area contributed by atoms with Crippen LogP contribution in [0, 0.1) is 5.92 Å². The SMILES string of the molecule is COc1ccc(OCCNC(=O)C(N)C2CCOCC2)cc1.Cl. The Hall–Kier alpha value is -1.50. The van der Waals surface area contributed by atoms with Crippen molar-refractivity contribution in [3.8, 4) is 11.5 Å². The van der Waals surface area contributed by atoms with Crippen LogP contribution in [0.1, 0.15) is 12.8 Å². The van der Waals surface area contributed by atoms with Crippen LogP contribution in [0.4, 0.5) is 0 Å². The molecule has 0 radical (unpaired) electrons. The summed E-state index contributed by atoms with van der Waals surface area (Å²) in [5.41, 5.74) is 5.99. The van der Waals surface area contributed by atoms with E-state index < -0.39 is 6.04 Å². The summed E-state index contributed by atoms with van der Waals surface area (Å²) < 4.78 is 15.9. The summed E-state index contributed by atoms with van der Waals surface area (Å²) in [6, 6.07) is 6.84. The molecular weight excluding hydrogens is 320 g/mol. The Morgan fingerprint density at radius 3 is 2.52 bits per heavy atom. The van der Waals surface area contributed by atoms with Gasteiger partial charge in [0.25, 0.3) is 0 Å². The Morgan fingerprint density at radius 1 is 1.30 bits per heavy atom. The van der Waals surface area contributed by atoms with Crippen LogP contribution in [0.15, 0.2) is 24.3 Å². The highest BCUT2D eigenvalue weighted by molar-refractivity contribution is 5.85. The van der Waals surface area contributed by atoms with Crippen molar-refractivity contribution in [2.75, 3.05) is 33.5 Å². The van der Waals surface area contributed by atoms with Gasteiger partial charge in [0.15, 0.2) is 0 Å². The fourth-order valence-electron chi connectivity index (χ4n) is 2.42. The lowest BCUT2D eigenvalue weighted by Crippen LogP contribution is -2.47. The van der Waals surface area contributed by atoms with Crippen LogP contribution in [-0.2, 0) is 9.53 Å². The number of hydrogen-bond acceptors (Lipinski definition) is 5. The van der Waals surface area contributed by atoms with E-state index in [1.807, 2.05) is 24.3 Å². The zero-order valence-electron chi connectivity index (χ0n) is 13.3. The molecule has 23 heavy (non-hydrogen) atoms. The van der Waals surface area contributed by atoms with Crippen LogP contribution >= 0.6 is 12.4 Å². The van der Waals surface area contributed by atoms with E-state index >= 15 is 0 Å². The first-order chi connectivity index (χ1) is 10.7. The molecular formula is C16H25ClN2O4. The Bertz CT molecular complexity index is 464. The maximum atomic E-state index is 12.0. The molecule has 1 aliphatic heterocycles. The van der Waals surface area contributed by atoms with Crippen molar-refractivity contribution in [3.05, 3.63) is 24.3 Å². The normalized spacial score (nSPS) is 16.1. The standard InChI is InChI=1S/C16H24N2O4.ClH/c1-20-13-2-4-14(5-3-13)22-11-8-18-16(19)15(17)12-6-9-21-10-7-12;/h2-5,12,15H,6-11,17H2,1H3,(H,18,19);1H. The molecule has 1 aromatic rings. The van der Waals surface area contributed by atoms with Gasteiger partial charge in [0.05, 0.1) is 19.7 Å². The number of nitrogens with two attached hydrogens (primary N) is 1. The first-order valence-corrected chi connectivity index (χ1v) is 7.58. The maximum Gasteiger partial charge on any atom is 0.237 e. The zero-order valence-corrected chi connectivity index (χ0v) is 14.1. The van der Waals surface area contributed by atoms with Gasteiger partial charge >= 0.3 is 0 Å². The van der Waals surface area contributed by atoms with Gasteiger partial charge in [-0.1, -0.05) is 0 Å². The van der Waals surface area contributed by atoms with Crippen LogP contribution in [-0.4, -0.2) is 45.4 Å². The van der Waals surface area contributed by atoms with Crippen molar-refractivity contribution in [1.82, 2.24) is 5.32 Å². The van der Waals surface area contributed by atoms with E-state index in [-0.39, 0.29) is 24.2 Å². The van der Waals surface area contributed by atoms with Crippen LogP contribution in [0.2, 0.25) is 0 Å². The minimum atomic E-state index is -0.468. The average molecular weight is 345 g/mol. The van der Waals surface area contributed by atoms with Gasteiger partial charge in [-0.2, -0.15) is 0 Å². The van der Waals surface area contributed by atoms with Crippen LogP contribution in [0.5, 0.6) is 11.5 Å². The fraction of sp³-hybridized carbons (Fsp3) is 0.562. The number of methoxy groups -OCH3 is 1. The van der Waals surface area contributed by atoms with Gasteiger partial charge in [-0.25, -0.2) is 0 Å². The van der Waals surface area contributed by atoms with Crippen molar-refractivity contribution in [2.45, 2.75) is 18.9 Å². The molecule has 1 atom stereocenters. The highest BCUT2D eigenvalue weighted by Crippen LogP contribution is 2.18. The number of carbonyl (C=O) groups is 1. The summed E-state index contributed by atoms with van der Waals surface area (Å²) in [5.74, 6) is 1.60. The summed E-state index contributed by atoms with van der Waals surface area (Å²) in [4.78, 5) is 12.0. The van der Waals surface area contributed by atoms with E-state index in [1.165, 1.54) is 0 Å². The minimum absolute atomic E-state index is 0. The molecule has 6 nitrogen and oxygen atoms in total. The first kappa shape index (κ1) is 19.5. The summed E-state index contributed by atoms with van der Waals surface area (Å²) in [7, 11) is 1.62. The highest BCUT2D eigenvalue weighted by Gasteiger charge is 2.26. The summed E-state index contributed by atoms with van der Waals surface area (Å²) in [6.07, 6.45) is 1.69. The Labute approximate surface area is 143 Å². The second-order valence-corrected chi connectivity index (χ2v) is 5.29. The maximum absolute atomic E-state index is 12.0. The van der Waals surface area contributed by atoms with Crippen molar-refractivity contribution in [3.63, 3.8) is 0 Å². The van der Waals surface area contributed by atoms with E-state index in [1.54, 1.807) is 7.11 Å². The van der Waals surface area contributed by atoms with Gasteiger partial charge in [0, 0.05) is 13.2 Å². The quantitative estimate of drug-likeness (QED) is 0.730. The molecule has 0 bridgehead atoms. The molecule has 0 saturated carbocycles. The molecule has 0 aromatic heterocycles. The van der Waals surface area contributed by atoms with E-state index in [9.17, 15) is 4.79 Å². The molecule has 1 fully saturated rings. The number of amides is 1. The number of benzene rings is 1. The minimum Gasteiger partial charge on any atom is -0.497 e. The smallest absolute Gasteiger partial charge is 0.237 e. The molecule has 0 spiro atoms. The Kier molecular flexibility index (Phi) is 8.76. The Balaban J connectivity index is 0.00000264. The molecule has 0 aliphatic carbocycles. The van der Waals surface area contributed by atoms with Crippen LogP contribution in [0.25, 0.3) is 0 Å². The van der Waals surface area contributed by atoms with E-state index in [2.05, 4.69) is 5.32 Å². The number of halogens is 1. The highest BCUT2D eigenvalue weighted by atomic mass is 35.5. The summed E-state index contributed by atoms with van der Waals surface area (Å²) >= 11 is 0. The van der Waals surface area contributed by atoms with Crippen molar-refractivity contribution < 1.29 is 19.0 Å². The van der Waals surface area contributed by atoms with Gasteiger partial charge in [-0.05, 0) is 43.0 Å². The van der Waals surface area contributed by atoms with Gasteiger partial charge < -0.3 is 25.3 Å². The number of carbonyl (C=O) groups excluding carboxylic acids is 1. The number of nitrogens with one attached hydrogen (secondary N) is 1. The largest absolute Gasteiger partial charge is 0.497 e. The number of rotatable bonds is 7. The third-order valence-corrected chi connectivity index (χ3v) is 3.81. The molecule has 130 valence electrons. The van der Waals surface area contributed by atoms with Gasteiger partial charge in [0.1, 0.15) is 18.1 Å². The second-order valence-electron chi connectivity index (χ2n) is 5.29. The lowest BCUT2D eigenvalue weighted by molar-refractivity contribution is -0.124. The van der Waals surface area contributed by atoms with Crippen molar-refractivity contribution >= 4 is 18.3 Å². The first-order valence-electron chi connectivity index (χ1n) is 7.58. The predicted molar refractivity (Wildman–Crippen MR) is 90.3 cm³/mol. The van der Waals surface area contributed by atoms with E-state index in [0.717, 1.165) is 24.3 Å². The zero-order chi connectivity index (χ0) is 15.8. The van der Waals surface area contributed by atoms with Crippen molar-refractivity contribution in [2.24, 2.45) is 11.7 Å². The molecule has 2 rings (SSSR count).